The molecule has 1 heterocycles. The zero-order valence-electron chi connectivity index (χ0n) is 9.71. The van der Waals surface area contributed by atoms with Gasteiger partial charge >= 0.3 is 6.18 Å². The molecule has 1 unspecified atom stereocenters. The Bertz CT molecular complexity index is 445. The first kappa shape index (κ1) is 15.3. The lowest BCUT2D eigenvalue weighted by Gasteiger charge is -2.30. The number of amides is 1. The SMILES string of the molecule is CN(Cc1ccc(Cl)s1)C(=O)C(C)(N)C(F)(F)F. The number of rotatable bonds is 3. The van der Waals surface area contributed by atoms with E-state index in [1.165, 1.54) is 18.4 Å². The molecular weight excluding hydrogens is 289 g/mol. The number of thiophene rings is 1. The predicted octanol–water partition coefficient (Wildman–Crippen LogP) is 2.64. The summed E-state index contributed by atoms with van der Waals surface area (Å²) in [6.45, 7) is 0.701. The van der Waals surface area contributed by atoms with Crippen LogP contribution in [-0.2, 0) is 11.3 Å². The Labute approximate surface area is 111 Å². The van der Waals surface area contributed by atoms with Crippen molar-refractivity contribution in [3.63, 3.8) is 0 Å². The molecule has 0 saturated heterocycles. The van der Waals surface area contributed by atoms with Gasteiger partial charge < -0.3 is 10.6 Å². The van der Waals surface area contributed by atoms with E-state index in [-0.39, 0.29) is 6.54 Å². The quantitative estimate of drug-likeness (QED) is 0.933. The van der Waals surface area contributed by atoms with Gasteiger partial charge in [0, 0.05) is 11.9 Å². The van der Waals surface area contributed by atoms with Crippen LogP contribution in [0, 0.1) is 0 Å². The Kier molecular flexibility index (Phi) is 4.30. The monoisotopic (exact) mass is 300 g/mol. The second-order valence-electron chi connectivity index (χ2n) is 4.07. The van der Waals surface area contributed by atoms with E-state index in [9.17, 15) is 18.0 Å². The van der Waals surface area contributed by atoms with Gasteiger partial charge in [0.2, 0.25) is 0 Å². The minimum absolute atomic E-state index is 0.0408. The predicted molar refractivity (Wildman–Crippen MR) is 64.5 cm³/mol. The first-order valence-corrected chi connectivity index (χ1v) is 6.10. The van der Waals surface area contributed by atoms with Crippen LogP contribution >= 0.6 is 22.9 Å². The maximum absolute atomic E-state index is 12.6. The molecule has 0 aliphatic carbocycles. The Morgan fingerprint density at radius 3 is 2.44 bits per heavy atom. The molecule has 1 rings (SSSR count). The van der Waals surface area contributed by atoms with Crippen LogP contribution in [0.25, 0.3) is 0 Å². The first-order chi connectivity index (χ1) is 8.05. The Balaban J connectivity index is 2.79. The smallest absolute Gasteiger partial charge is 0.339 e. The molecular formula is C10H12ClF3N2OS. The number of hydrogen-bond donors (Lipinski definition) is 1. The third-order valence-electron chi connectivity index (χ3n) is 2.40. The molecule has 0 fully saturated rings. The van der Waals surface area contributed by atoms with Gasteiger partial charge in [-0.15, -0.1) is 11.3 Å². The van der Waals surface area contributed by atoms with E-state index >= 15 is 0 Å². The van der Waals surface area contributed by atoms with Crippen molar-refractivity contribution in [2.75, 3.05) is 7.05 Å². The summed E-state index contributed by atoms with van der Waals surface area (Å²) in [7, 11) is 1.27. The van der Waals surface area contributed by atoms with Crippen LogP contribution in [0.3, 0.4) is 0 Å². The molecule has 0 aliphatic rings. The first-order valence-electron chi connectivity index (χ1n) is 4.91. The van der Waals surface area contributed by atoms with Gasteiger partial charge in [0.05, 0.1) is 10.9 Å². The van der Waals surface area contributed by atoms with E-state index in [4.69, 9.17) is 17.3 Å². The molecule has 1 aromatic rings. The Morgan fingerprint density at radius 1 is 1.50 bits per heavy atom. The van der Waals surface area contributed by atoms with E-state index in [1.54, 1.807) is 12.1 Å². The summed E-state index contributed by atoms with van der Waals surface area (Å²) in [5.74, 6) is -1.18. The van der Waals surface area contributed by atoms with Crippen molar-refractivity contribution in [3.05, 3.63) is 21.3 Å². The summed E-state index contributed by atoms with van der Waals surface area (Å²) < 4.78 is 38.3. The van der Waals surface area contributed by atoms with Crippen LogP contribution < -0.4 is 5.73 Å². The number of halogens is 4. The molecule has 2 N–H and O–H groups in total. The highest BCUT2D eigenvalue weighted by Crippen LogP contribution is 2.30. The van der Waals surface area contributed by atoms with Crippen LogP contribution in [0.15, 0.2) is 12.1 Å². The van der Waals surface area contributed by atoms with Crippen molar-refractivity contribution in [2.24, 2.45) is 5.73 Å². The zero-order chi connectivity index (χ0) is 14.1. The zero-order valence-corrected chi connectivity index (χ0v) is 11.3. The van der Waals surface area contributed by atoms with Crippen LogP contribution in [0.5, 0.6) is 0 Å². The number of hydrogen-bond acceptors (Lipinski definition) is 3. The highest BCUT2D eigenvalue weighted by molar-refractivity contribution is 7.16. The van der Waals surface area contributed by atoms with E-state index in [0.717, 1.165) is 4.90 Å². The van der Waals surface area contributed by atoms with E-state index < -0.39 is 17.6 Å². The van der Waals surface area contributed by atoms with Crippen molar-refractivity contribution in [1.29, 1.82) is 0 Å². The number of nitrogens with zero attached hydrogens (tertiary/aromatic N) is 1. The molecule has 8 heteroatoms. The summed E-state index contributed by atoms with van der Waals surface area (Å²) in [6, 6.07) is 3.27. The standard InChI is InChI=1S/C10H12ClF3N2OS/c1-9(15,10(12,13)14)8(17)16(2)5-6-3-4-7(11)18-6/h3-4H,5,15H2,1-2H3. The highest BCUT2D eigenvalue weighted by Gasteiger charge is 2.54. The van der Waals surface area contributed by atoms with Crippen molar-refractivity contribution in [2.45, 2.75) is 25.2 Å². The maximum Gasteiger partial charge on any atom is 0.415 e. The Hall–Kier alpha value is -0.790. The summed E-state index contributed by atoms with van der Waals surface area (Å²) in [5, 5.41) is 0. The van der Waals surface area contributed by atoms with Crippen LogP contribution in [-0.4, -0.2) is 29.6 Å². The van der Waals surface area contributed by atoms with Gasteiger partial charge in [-0.05, 0) is 19.1 Å². The topological polar surface area (TPSA) is 46.3 Å². The molecule has 0 saturated carbocycles. The number of likely N-dealkylation sites (N-methyl/N-ethyl adjacent to an activating group) is 1. The number of alkyl halides is 3. The largest absolute Gasteiger partial charge is 0.415 e. The van der Waals surface area contributed by atoms with Crippen molar-refractivity contribution in [1.82, 2.24) is 4.90 Å². The highest BCUT2D eigenvalue weighted by atomic mass is 35.5. The minimum Gasteiger partial charge on any atom is -0.339 e. The molecule has 1 amide bonds. The lowest BCUT2D eigenvalue weighted by molar-refractivity contribution is -0.193. The van der Waals surface area contributed by atoms with E-state index in [1.807, 2.05) is 0 Å². The van der Waals surface area contributed by atoms with Gasteiger partial charge in [-0.3, -0.25) is 4.79 Å². The normalized spacial score (nSPS) is 15.3. The summed E-state index contributed by atoms with van der Waals surface area (Å²) in [6.07, 6.45) is -4.79. The minimum atomic E-state index is -4.79. The molecule has 0 aromatic carbocycles. The average Bonchev–Trinajstić information content (AvgIpc) is 2.61. The summed E-state index contributed by atoms with van der Waals surface area (Å²) in [4.78, 5) is 13.3. The molecule has 102 valence electrons. The van der Waals surface area contributed by atoms with Gasteiger partial charge in [-0.1, -0.05) is 11.6 Å². The summed E-state index contributed by atoms with van der Waals surface area (Å²) >= 11 is 6.90. The molecule has 0 spiro atoms. The van der Waals surface area contributed by atoms with E-state index in [2.05, 4.69) is 0 Å². The third-order valence-corrected chi connectivity index (χ3v) is 3.62. The van der Waals surface area contributed by atoms with Crippen LogP contribution in [0.2, 0.25) is 4.34 Å². The van der Waals surface area contributed by atoms with Crippen LogP contribution in [0.1, 0.15) is 11.8 Å². The molecule has 18 heavy (non-hydrogen) atoms. The fourth-order valence-corrected chi connectivity index (χ4v) is 2.40. The van der Waals surface area contributed by atoms with Crippen LogP contribution in [0.4, 0.5) is 13.2 Å². The second-order valence-corrected chi connectivity index (χ2v) is 5.87. The van der Waals surface area contributed by atoms with Gasteiger partial charge in [0.25, 0.3) is 5.91 Å². The molecule has 3 nitrogen and oxygen atoms in total. The van der Waals surface area contributed by atoms with Gasteiger partial charge in [0.1, 0.15) is 0 Å². The van der Waals surface area contributed by atoms with E-state index in [0.29, 0.717) is 16.1 Å². The lowest BCUT2D eigenvalue weighted by atomic mass is 10.0. The number of carbonyl (C=O) groups excluding carboxylic acids is 1. The average molecular weight is 301 g/mol. The molecule has 0 aliphatic heterocycles. The maximum atomic E-state index is 12.6. The van der Waals surface area contributed by atoms with Gasteiger partial charge in [0.15, 0.2) is 5.54 Å². The second kappa shape index (κ2) is 5.07. The molecule has 0 radical (unpaired) electrons. The Morgan fingerprint density at radius 2 is 2.06 bits per heavy atom. The molecule has 0 bridgehead atoms. The lowest BCUT2D eigenvalue weighted by Crippen LogP contribution is -2.61. The van der Waals surface area contributed by atoms with Gasteiger partial charge in [-0.25, -0.2) is 0 Å². The number of nitrogens with two attached hydrogens (primary N) is 1. The third kappa shape index (κ3) is 3.15. The fraction of sp³-hybridized carbons (Fsp3) is 0.500. The molecule has 1 atom stereocenters. The van der Waals surface area contributed by atoms with Gasteiger partial charge in [-0.2, -0.15) is 13.2 Å². The van der Waals surface area contributed by atoms with Crippen molar-refractivity contribution < 1.29 is 18.0 Å². The van der Waals surface area contributed by atoms with Crippen molar-refractivity contribution >= 4 is 28.8 Å². The molecule has 1 aromatic heterocycles. The fourth-order valence-electron chi connectivity index (χ4n) is 1.26. The van der Waals surface area contributed by atoms with Crippen molar-refractivity contribution in [3.8, 4) is 0 Å². The number of carbonyl (C=O) groups is 1. The summed E-state index contributed by atoms with van der Waals surface area (Å²) in [5.41, 5.74) is 2.17.